The van der Waals surface area contributed by atoms with Crippen LogP contribution >= 0.6 is 35.3 Å². The first-order valence-corrected chi connectivity index (χ1v) is 62.0. The molecule has 0 radical (unpaired) electrons. The summed E-state index contributed by atoms with van der Waals surface area (Å²) >= 11 is -4.37. The summed E-state index contributed by atoms with van der Waals surface area (Å²) in [5.74, 6) is -1.67. The van der Waals surface area contributed by atoms with Crippen molar-refractivity contribution in [2.45, 2.75) is 209 Å². The van der Waals surface area contributed by atoms with Crippen LogP contribution in [0.3, 0.4) is 0 Å². The molecule has 2 bridgehead atoms. The summed E-state index contributed by atoms with van der Waals surface area (Å²) in [4.78, 5) is 38.4. The van der Waals surface area contributed by atoms with E-state index >= 15 is 0 Å². The van der Waals surface area contributed by atoms with Gasteiger partial charge in [-0.05, 0) is 294 Å². The van der Waals surface area contributed by atoms with Crippen molar-refractivity contribution in [2.24, 2.45) is 27.8 Å². The molecule has 0 aromatic heterocycles. The monoisotopic (exact) mass is 2290 g/mol. The molecule has 36 heteroatoms. The number of nitriles is 1. The number of hydrogen-bond donors (Lipinski definition) is 1. The minimum Gasteiger partial charge on any atom is -0.0901 e. The second-order valence-corrected chi connectivity index (χ2v) is 53.9. The first-order valence-electron chi connectivity index (χ1n) is 46.4. The van der Waals surface area contributed by atoms with Crippen LogP contribution in [0.4, 0.5) is 14.1 Å². The van der Waals surface area contributed by atoms with E-state index in [1.807, 2.05) is 52.0 Å². The number of fused-ring (bicyclic) bond motifs is 2. The number of ketones is 1. The fourth-order valence-electron chi connectivity index (χ4n) is 15.2. The summed E-state index contributed by atoms with van der Waals surface area (Å²) in [5, 5.41) is 24.4. The normalized spacial score (nSPS) is 17.7. The second kappa shape index (κ2) is 53.6. The van der Waals surface area contributed by atoms with Gasteiger partial charge in [-0.2, -0.15) is 38.9 Å². The first-order chi connectivity index (χ1) is 68.7. The van der Waals surface area contributed by atoms with Crippen molar-refractivity contribution in [3.05, 3.63) is 372 Å². The number of nitrogens with zero attached hydrogens (tertiary/aromatic N) is 2. The van der Waals surface area contributed by atoms with Gasteiger partial charge in [0.25, 0.3) is 30.4 Å². The summed E-state index contributed by atoms with van der Waals surface area (Å²) in [6, 6.07) is 111. The van der Waals surface area contributed by atoms with Gasteiger partial charge < -0.3 is 24.0 Å². The van der Waals surface area contributed by atoms with Gasteiger partial charge in [0, 0.05) is 30.9 Å². The summed E-state index contributed by atoms with van der Waals surface area (Å²) in [6.07, 6.45) is 5.08. The van der Waals surface area contributed by atoms with Crippen molar-refractivity contribution in [1.82, 2.24) is 0 Å². The van der Waals surface area contributed by atoms with Gasteiger partial charge in [-0.1, -0.05) is 248 Å². The van der Waals surface area contributed by atoms with Gasteiger partial charge in [-0.3, -0.25) is 26.4 Å². The number of aryl methyl sites for hydroxylation is 4. The van der Waals surface area contributed by atoms with E-state index in [1.165, 1.54) is 98.8 Å². The Morgan fingerprint density at radius 1 is 0.510 bits per heavy atom. The Bertz CT molecular complexity index is 6690. The quantitative estimate of drug-likeness (QED) is 0.00666. The zero-order valence-corrected chi connectivity index (χ0v) is 93.5. The van der Waals surface area contributed by atoms with Crippen LogP contribution in [0.15, 0.2) is 413 Å². The van der Waals surface area contributed by atoms with E-state index in [0.29, 0.717) is 49.0 Å². The van der Waals surface area contributed by atoms with Crippen molar-refractivity contribution < 1.29 is 98.2 Å². The molecule has 5 aliphatic rings. The maximum absolute atomic E-state index is 12.4. The van der Waals surface area contributed by atoms with Gasteiger partial charge in [0.15, 0.2) is 35.2 Å². The predicted octanol–water partition coefficient (Wildman–Crippen LogP) is 23.6. The van der Waals surface area contributed by atoms with Crippen LogP contribution in [0.5, 0.6) is 0 Å². The van der Waals surface area contributed by atoms with Gasteiger partial charge in [-0.25, -0.2) is 0 Å². The minimum absolute atomic E-state index is 0. The Balaban J connectivity index is 0.000000194. The van der Waals surface area contributed by atoms with Gasteiger partial charge in [0.1, 0.15) is 34.0 Å². The molecule has 5 unspecified atom stereocenters. The average molecular weight is 2290 g/mol. The molecule has 4 fully saturated rings. The van der Waals surface area contributed by atoms with Crippen LogP contribution in [-0.2, 0) is 103 Å². The number of ether oxygens (including phenoxy) is 3. The molecule has 3 aliphatic carbocycles. The maximum atomic E-state index is 12.4. The summed E-state index contributed by atoms with van der Waals surface area (Å²) in [6.45, 7) is 25.1. The van der Waals surface area contributed by atoms with E-state index < -0.39 is 108 Å². The number of esters is 1. The number of allylic oxidation sites excluding steroid dienone is 2. The molecule has 1 saturated heterocycles. The topological polar surface area (TPSA) is 292 Å². The molecule has 2 aliphatic heterocycles. The van der Waals surface area contributed by atoms with E-state index in [0.717, 1.165) is 39.1 Å². The molecule has 20 nitrogen and oxygen atoms in total. The summed E-state index contributed by atoms with van der Waals surface area (Å²) < 4.78 is 182. The van der Waals surface area contributed by atoms with Crippen molar-refractivity contribution >= 4 is 140 Å². The molecule has 1 N–H and O–H groups in total. The van der Waals surface area contributed by atoms with E-state index in [4.69, 9.17) is 26.8 Å². The number of carbonyl (C=O) groups is 2. The Kier molecular flexibility index (Phi) is 43.9. The number of rotatable bonds is 29. The standard InChI is InChI=1S/2C24H19S2.C17H24O6S.C17H24O4S.C16H16N2O3S2.C13H18O5S.6FH.Sb/c2*1-4-10-20(11-5-1)25-21-16-18-24(19-17-21)26(22-12-6-2-7-13-22)23-14-8-3-9-15-23;1-12-7-9-14(10-8-12)24(20,21)22-11-17(6,13(2)18)15(19)23-16(3,4)5;1-11-5-7-13(8-6-11)22(19,20)21-15-10-12-9-14(16(12,2)3)17(15,4)18;1-3-10-23(19,20)21-18-16-9-8-15(22-16)14(11-17)13-7-5-4-6-12(13)2;1-11-3-5-12(6-4-11)19(14,15)18-8-7-13(2)16-9-10-17-13;;;;;;;/h2*1-19H;7-10H,11H2,1-6H3;5-8,12,14-15,18H,9-10H2,1-4H3;4-9H,3,10H2,1-2H3;3-6H,7-10H2,1-2H3;6*1H;/q2*+1;;;;;;;;;;;+5/p-6/b;;;;15-14-,18-16+;;;;;;;;. The van der Waals surface area contributed by atoms with Crippen LogP contribution in [0.25, 0.3) is 5.57 Å². The van der Waals surface area contributed by atoms with Crippen molar-refractivity contribution in [3.63, 3.8) is 0 Å². The molecule has 0 amide bonds. The molecular weight excluding hydrogens is 2170 g/mol. The number of Topliss-reactive ketones (excluding diaryl/α,β-unsaturated/α-hetero) is 1. The number of carbonyl (C=O) groups excluding carboxylic acids is 2. The average Bonchev–Trinajstić information content (AvgIpc) is 1.30. The van der Waals surface area contributed by atoms with Crippen LogP contribution in [0.1, 0.15) is 123 Å². The second-order valence-electron chi connectivity index (χ2n) is 36.4. The fraction of sp³-hybridized carbons (Fsp3) is 0.279. The Labute approximate surface area is 883 Å². The fourth-order valence-corrected chi connectivity index (χ4v) is 25.8. The van der Waals surface area contributed by atoms with Crippen LogP contribution in [-0.4, -0.2) is 131 Å². The molecule has 0 spiro atoms. The number of halogens is 6. The third-order valence-corrected chi connectivity index (χ3v) is 36.0. The number of benzene rings is 12. The van der Waals surface area contributed by atoms with Gasteiger partial charge in [0.05, 0.1) is 79.8 Å². The molecule has 3 saturated carbocycles. The predicted molar refractivity (Wildman–Crippen MR) is 570 cm³/mol. The molecule has 12 aromatic rings. The van der Waals surface area contributed by atoms with Crippen molar-refractivity contribution in [3.8, 4) is 6.07 Å². The van der Waals surface area contributed by atoms with E-state index in [9.17, 15) is 67.7 Å². The molecular formula is C111H120F6N2O18S9Sb+. The van der Waals surface area contributed by atoms with Crippen molar-refractivity contribution in [1.29, 1.82) is 5.26 Å². The number of hydrogen-bond acceptors (Lipinski definition) is 23. The van der Waals surface area contributed by atoms with Gasteiger partial charge in [0.2, 0.25) is 0 Å². The van der Waals surface area contributed by atoms with E-state index in [2.05, 4.69) is 260 Å². The SMILES string of the molecule is CC(=O)C(C)(COS(=O)(=O)c1ccc(C)cc1)C(=O)OC(C)(C)C.CCCS(=O)(=O)O/N=C1C=C/C(=C(\C#N)c2ccccc2C)S\1.Cc1ccc(S(=O)(=O)OC2CC3CC(C3(C)C)C2(C)O)cc1.Cc1ccc(S(=O)(=O)OCCC2(C)OCCO2)cc1.[F-].[F][Sb]([F])([F])([F])[F].c1ccc(Sc2ccc([S+](c3ccccc3)c3ccccc3)cc2)cc1.c1ccc(Sc2ccc([S+](c3ccccc3)c3ccccc3)cc2)cc1. The third kappa shape index (κ3) is 37.2. The Morgan fingerprint density at radius 3 is 1.23 bits per heavy atom. The van der Waals surface area contributed by atoms with Crippen LogP contribution in [0.2, 0.25) is 0 Å². The molecule has 17 rings (SSSR count). The van der Waals surface area contributed by atoms with Gasteiger partial charge >= 0.3 is 50.5 Å². The zero-order valence-electron chi connectivity index (χ0n) is 83.6. The number of thioether (sulfide) groups is 1. The zero-order chi connectivity index (χ0) is 107. The van der Waals surface area contributed by atoms with E-state index in [1.54, 1.807) is 126 Å². The Hall–Kier alpha value is -10.1. The van der Waals surface area contributed by atoms with E-state index in [-0.39, 0.29) is 64.9 Å². The molecule has 782 valence electrons. The van der Waals surface area contributed by atoms with Gasteiger partial charge in [-0.15, -0.1) is 0 Å². The summed E-state index contributed by atoms with van der Waals surface area (Å²) in [7, 11) is -15.4. The van der Waals surface area contributed by atoms with Crippen LogP contribution in [0, 0.1) is 61.7 Å². The molecule has 2 heterocycles. The first kappa shape index (κ1) is 120. The molecule has 12 aromatic carbocycles. The minimum atomic E-state index is -9.19. The maximum Gasteiger partial charge on any atom is 0.166 e. The summed E-state index contributed by atoms with van der Waals surface area (Å²) in [5.41, 5.74) is 1.70. The molecule has 5 atom stereocenters. The third-order valence-electron chi connectivity index (χ3n) is 23.4. The molecule has 147 heavy (non-hydrogen) atoms. The van der Waals surface area contributed by atoms with Crippen molar-refractivity contribution in [2.75, 3.05) is 32.2 Å². The number of aliphatic hydroxyl groups is 1. The van der Waals surface area contributed by atoms with Crippen LogP contribution < -0.4 is 4.70 Å². The largest absolute Gasteiger partial charge is 0.166 e. The Morgan fingerprint density at radius 2 is 0.871 bits per heavy atom. The smallest absolute Gasteiger partial charge is 0.0901 e. The number of oxime groups is 1.